The van der Waals surface area contributed by atoms with Crippen LogP contribution >= 0.6 is 38.1 Å². The van der Waals surface area contributed by atoms with Crippen molar-refractivity contribution in [3.05, 3.63) is 45.5 Å². The van der Waals surface area contributed by atoms with E-state index in [0.717, 1.165) is 16.8 Å². The second-order valence-electron chi connectivity index (χ2n) is 9.73. The summed E-state index contributed by atoms with van der Waals surface area (Å²) in [5.41, 5.74) is 6.31. The zero-order chi connectivity index (χ0) is 30.4. The number of alkyl halides is 3. The summed E-state index contributed by atoms with van der Waals surface area (Å²) in [6, 6.07) is 1.01. The number of thiol groups is 2. The van der Waals surface area contributed by atoms with Crippen LogP contribution in [0.1, 0.15) is 12.3 Å². The molecule has 6 rings (SSSR count). The second kappa shape index (κ2) is 10.0. The van der Waals surface area contributed by atoms with E-state index >= 15 is 13.2 Å². The second-order valence-corrected chi connectivity index (χ2v) is 15.5. The zero-order valence-electron chi connectivity index (χ0n) is 20.7. The van der Waals surface area contributed by atoms with Crippen LogP contribution in [-0.4, -0.2) is 74.4 Å². The maximum Gasteiger partial charge on any atom is 0.386 e. The average molecular weight is 676 g/mol. The molecule has 0 bridgehead atoms. The number of rotatable bonds is 2. The van der Waals surface area contributed by atoms with Gasteiger partial charge in [0, 0.05) is 12.4 Å². The van der Waals surface area contributed by atoms with Crippen molar-refractivity contribution < 1.29 is 49.9 Å². The smallest absolute Gasteiger partial charge is 0.383 e. The van der Waals surface area contributed by atoms with Gasteiger partial charge in [0.15, 0.2) is 11.8 Å². The monoisotopic (exact) mass is 676 g/mol. The van der Waals surface area contributed by atoms with Gasteiger partial charge in [-0.25, -0.2) is 23.1 Å². The van der Waals surface area contributed by atoms with Crippen molar-refractivity contribution in [2.75, 3.05) is 24.7 Å². The van der Waals surface area contributed by atoms with Crippen LogP contribution in [-0.2, 0) is 36.7 Å². The quantitative estimate of drug-likeness (QED) is 0.260. The van der Waals surface area contributed by atoms with E-state index in [2.05, 4.69) is 34.5 Å². The molecule has 1 saturated carbocycles. The number of ether oxygens (including phenoxy) is 2. The Bertz CT molecular complexity index is 1650. The maximum atomic E-state index is 16.3. The lowest BCUT2D eigenvalue weighted by Crippen LogP contribution is -2.44. The third-order valence-corrected chi connectivity index (χ3v) is 10.3. The summed E-state index contributed by atoms with van der Waals surface area (Å²) < 4.78 is 107. The van der Waals surface area contributed by atoms with Crippen LogP contribution in [0, 0.1) is 0 Å². The summed E-state index contributed by atoms with van der Waals surface area (Å²) >= 11 is 7.62. The standard InChI is InChI=1S/C19H21F3N6O10P2S2/c20-18-11(27-3-1-9(23)25-16(27)29)14(18)35-7-5-33-40(32,42)38-13-8(6-34-39(31,41)37-12(7)18)36-15(19(13,21)22)28-4-2-10(24)26-17(28)30/h1-4,7-8,11-15H,5-6H2,(H,31,41)(H,32,42)(H2,23,25,29)(H2,24,26,30)/t7-,8-,11-,12?,13?,14?,15-,18?,39-,40-/m1/s1. The van der Waals surface area contributed by atoms with Gasteiger partial charge in [-0.1, -0.05) is 24.5 Å². The van der Waals surface area contributed by atoms with Gasteiger partial charge in [0.05, 0.1) is 13.2 Å². The van der Waals surface area contributed by atoms with Crippen LogP contribution < -0.4 is 22.8 Å². The van der Waals surface area contributed by atoms with Crippen molar-refractivity contribution in [1.29, 1.82) is 0 Å². The minimum Gasteiger partial charge on any atom is -0.383 e. The van der Waals surface area contributed by atoms with Gasteiger partial charge in [-0.15, -0.1) is 0 Å². The van der Waals surface area contributed by atoms with Crippen LogP contribution in [0.2, 0.25) is 0 Å². The molecule has 10 atom stereocenters. The van der Waals surface area contributed by atoms with Crippen LogP contribution in [0.4, 0.5) is 24.8 Å². The molecule has 23 heteroatoms. The van der Waals surface area contributed by atoms with Crippen LogP contribution in [0.5, 0.6) is 0 Å². The molecule has 0 radical (unpaired) electrons. The SMILES string of the molecule is Nc1ccn([C@@H]2O[C@@H]3CO[P@@](=O)(S)OC4[C@@H](CO[P@@](=O)(S)OC3C2(F)F)OC2[C@@H](n3ccc(N)nc3=O)C42F)c(=O)n1. The first-order valence-electron chi connectivity index (χ1n) is 11.9. The van der Waals surface area contributed by atoms with E-state index in [0.29, 0.717) is 4.57 Å². The number of halogens is 3. The average Bonchev–Trinajstić information content (AvgIpc) is 3.25. The van der Waals surface area contributed by atoms with Gasteiger partial charge in [-0.2, -0.15) is 18.7 Å². The fraction of sp³-hybridized carbons (Fsp3) is 0.579. The summed E-state index contributed by atoms with van der Waals surface area (Å²) in [7, 11) is 0. The highest BCUT2D eigenvalue weighted by Gasteiger charge is 2.81. The van der Waals surface area contributed by atoms with E-state index in [1.807, 2.05) is 0 Å². The van der Waals surface area contributed by atoms with Crippen molar-refractivity contribution in [1.82, 2.24) is 19.1 Å². The number of fused-ring (bicyclic) bond motifs is 4. The van der Waals surface area contributed by atoms with Crippen molar-refractivity contribution in [2.45, 2.75) is 54.4 Å². The Hall–Kier alpha value is -1.93. The molecule has 2 aromatic rings. The molecule has 0 aromatic carbocycles. The summed E-state index contributed by atoms with van der Waals surface area (Å²) in [5.74, 6) is -4.45. The molecule has 0 amide bonds. The van der Waals surface area contributed by atoms with E-state index in [9.17, 15) is 18.7 Å². The number of nitrogens with two attached hydrogens (primary N) is 2. The predicted molar refractivity (Wildman–Crippen MR) is 141 cm³/mol. The molecule has 3 aliphatic heterocycles. The number of hydrogen-bond acceptors (Lipinski definition) is 14. The molecule has 4 N–H and O–H groups in total. The molecule has 2 aromatic heterocycles. The number of aromatic nitrogens is 4. The summed E-state index contributed by atoms with van der Waals surface area (Å²) in [5, 5.41) is 0. The number of hydrogen-bond donors (Lipinski definition) is 4. The van der Waals surface area contributed by atoms with Gasteiger partial charge in [0.25, 0.3) is 0 Å². The van der Waals surface area contributed by atoms with Crippen LogP contribution in [0.15, 0.2) is 34.1 Å². The number of anilines is 2. The fourth-order valence-corrected chi connectivity index (χ4v) is 8.12. The molecule has 16 nitrogen and oxygen atoms in total. The maximum absolute atomic E-state index is 16.3. The van der Waals surface area contributed by atoms with Gasteiger partial charge in [0.2, 0.25) is 6.23 Å². The first-order chi connectivity index (χ1) is 19.5. The van der Waals surface area contributed by atoms with E-state index in [-0.39, 0.29) is 11.6 Å². The molecule has 1 aliphatic carbocycles. The van der Waals surface area contributed by atoms with Crippen molar-refractivity contribution in [3.63, 3.8) is 0 Å². The van der Waals surface area contributed by atoms with Gasteiger partial charge in [-0.05, 0) is 12.1 Å². The Morgan fingerprint density at radius 3 is 1.88 bits per heavy atom. The fourth-order valence-electron chi connectivity index (χ4n) is 5.17. The topological polar surface area (TPSA) is 211 Å². The lowest BCUT2D eigenvalue weighted by atomic mass is 10.1. The first kappa shape index (κ1) is 30.1. The van der Waals surface area contributed by atoms with Crippen LogP contribution in [0.3, 0.4) is 0 Å². The molecule has 4 aliphatic rings. The van der Waals surface area contributed by atoms with E-state index in [1.54, 1.807) is 0 Å². The lowest BCUT2D eigenvalue weighted by molar-refractivity contribution is -0.137. The van der Waals surface area contributed by atoms with Gasteiger partial charge in [0.1, 0.15) is 42.1 Å². The molecule has 5 heterocycles. The highest BCUT2D eigenvalue weighted by Crippen LogP contribution is 2.68. The Balaban J connectivity index is 1.30. The molecule has 0 spiro atoms. The van der Waals surface area contributed by atoms with Crippen molar-refractivity contribution in [3.8, 4) is 0 Å². The van der Waals surface area contributed by atoms with E-state index in [4.69, 9.17) is 39.0 Å². The highest BCUT2D eigenvalue weighted by molar-refractivity contribution is 8.44. The van der Waals surface area contributed by atoms with Gasteiger partial charge < -0.3 is 20.9 Å². The highest BCUT2D eigenvalue weighted by atomic mass is 32.7. The largest absolute Gasteiger partial charge is 0.386 e. The Morgan fingerprint density at radius 1 is 0.833 bits per heavy atom. The molecule has 4 fully saturated rings. The normalized spacial score (nSPS) is 42.9. The van der Waals surface area contributed by atoms with Crippen molar-refractivity contribution in [2.24, 2.45) is 0 Å². The van der Waals surface area contributed by atoms with Gasteiger partial charge >= 0.3 is 30.9 Å². The molecule has 3 saturated heterocycles. The Kier molecular flexibility index (Phi) is 7.20. The molecular weight excluding hydrogens is 655 g/mol. The third-order valence-electron chi connectivity index (χ3n) is 7.06. The Labute approximate surface area is 243 Å². The van der Waals surface area contributed by atoms with E-state index in [1.165, 1.54) is 12.3 Å². The number of nitrogens with zero attached hydrogens (tertiary/aromatic N) is 4. The van der Waals surface area contributed by atoms with Crippen molar-refractivity contribution >= 4 is 49.7 Å². The molecule has 4 unspecified atom stereocenters. The lowest BCUT2D eigenvalue weighted by Gasteiger charge is -2.31. The number of nitrogen functional groups attached to an aromatic ring is 2. The summed E-state index contributed by atoms with van der Waals surface area (Å²) in [4.78, 5) is 31.5. The molecule has 42 heavy (non-hydrogen) atoms. The summed E-state index contributed by atoms with van der Waals surface area (Å²) in [6.07, 6.45) is -9.18. The zero-order valence-corrected chi connectivity index (χ0v) is 24.3. The predicted octanol–water partition coefficient (Wildman–Crippen LogP) is 1.12. The third kappa shape index (κ3) is 5.02. The minimum absolute atomic E-state index is 0.111. The molecular formula is C19H21F3N6O10P2S2. The van der Waals surface area contributed by atoms with Crippen LogP contribution in [0.25, 0.3) is 0 Å². The van der Waals surface area contributed by atoms with Gasteiger partial charge in [-0.3, -0.25) is 27.2 Å². The minimum atomic E-state index is -4.69. The molecule has 230 valence electrons. The van der Waals surface area contributed by atoms with E-state index < -0.39 is 92.6 Å². The summed E-state index contributed by atoms with van der Waals surface area (Å²) in [6.45, 7) is -11.1. The first-order valence-corrected chi connectivity index (χ1v) is 17.3. The Morgan fingerprint density at radius 2 is 1.33 bits per heavy atom.